The van der Waals surface area contributed by atoms with Crippen LogP contribution in [0, 0.1) is 11.3 Å². The molecular weight excluding hydrogens is 344 g/mol. The summed E-state index contributed by atoms with van der Waals surface area (Å²) < 4.78 is 2.49. The zero-order chi connectivity index (χ0) is 18.7. The van der Waals surface area contributed by atoms with Gasteiger partial charge in [-0.3, -0.25) is 4.90 Å². The Morgan fingerprint density at radius 1 is 0.893 bits per heavy atom. The molecule has 2 atom stereocenters. The molecule has 28 heavy (non-hydrogen) atoms. The Morgan fingerprint density at radius 2 is 1.68 bits per heavy atom. The van der Waals surface area contributed by atoms with E-state index in [0.717, 1.165) is 30.1 Å². The molecule has 0 radical (unpaired) electrons. The highest BCUT2D eigenvalue weighted by Crippen LogP contribution is 2.39. The van der Waals surface area contributed by atoms with Crippen LogP contribution < -0.4 is 0 Å². The molecule has 3 heterocycles. The molecule has 4 heteroatoms. The first-order valence-electron chi connectivity index (χ1n) is 10.6. The molecule has 1 saturated heterocycles. The van der Waals surface area contributed by atoms with Crippen molar-refractivity contribution in [3.8, 4) is 17.2 Å². The molecule has 1 aromatic heterocycles. The van der Waals surface area contributed by atoms with E-state index >= 15 is 0 Å². The summed E-state index contributed by atoms with van der Waals surface area (Å²) in [5.41, 5.74) is 5.39. The Balaban J connectivity index is 1.37. The van der Waals surface area contributed by atoms with Gasteiger partial charge in [0.25, 0.3) is 0 Å². The van der Waals surface area contributed by atoms with Crippen LogP contribution in [0.25, 0.3) is 22.2 Å². The Bertz CT molecular complexity index is 1080. The van der Waals surface area contributed by atoms with Gasteiger partial charge in [0.05, 0.1) is 22.7 Å². The van der Waals surface area contributed by atoms with Gasteiger partial charge in [-0.2, -0.15) is 5.26 Å². The minimum atomic E-state index is 0.686. The van der Waals surface area contributed by atoms with Gasteiger partial charge in [0, 0.05) is 31.1 Å². The normalized spacial score (nSPS) is 24.5. The molecule has 140 valence electrons. The minimum Gasteiger partial charge on any atom is -0.326 e. The zero-order valence-electron chi connectivity index (χ0n) is 16.0. The third kappa shape index (κ3) is 2.43. The highest BCUT2D eigenvalue weighted by atomic mass is 15.3. The van der Waals surface area contributed by atoms with Gasteiger partial charge in [0.1, 0.15) is 5.82 Å². The molecule has 0 unspecified atom stereocenters. The summed E-state index contributed by atoms with van der Waals surface area (Å²) in [7, 11) is 0. The molecule has 2 aromatic carbocycles. The van der Waals surface area contributed by atoms with Crippen molar-refractivity contribution < 1.29 is 0 Å². The third-order valence-corrected chi connectivity index (χ3v) is 7.16. The summed E-state index contributed by atoms with van der Waals surface area (Å²) in [4.78, 5) is 7.93. The van der Waals surface area contributed by atoms with E-state index in [0.29, 0.717) is 17.6 Å². The summed E-state index contributed by atoms with van der Waals surface area (Å²) >= 11 is 0. The van der Waals surface area contributed by atoms with Gasteiger partial charge in [0.15, 0.2) is 0 Å². The van der Waals surface area contributed by atoms with Crippen molar-refractivity contribution in [2.24, 2.45) is 0 Å². The van der Waals surface area contributed by atoms with Crippen molar-refractivity contribution in [1.82, 2.24) is 14.5 Å². The second-order valence-electron chi connectivity index (χ2n) is 8.65. The van der Waals surface area contributed by atoms with Crippen molar-refractivity contribution in [2.45, 2.75) is 63.2 Å². The molecule has 1 aliphatic carbocycles. The Labute approximate surface area is 165 Å². The van der Waals surface area contributed by atoms with E-state index in [1.165, 1.54) is 49.0 Å². The second-order valence-corrected chi connectivity index (χ2v) is 8.65. The van der Waals surface area contributed by atoms with E-state index in [9.17, 15) is 0 Å². The fourth-order valence-electron chi connectivity index (χ4n) is 5.53. The zero-order valence-corrected chi connectivity index (χ0v) is 16.0. The number of aromatic nitrogens is 2. The van der Waals surface area contributed by atoms with Crippen LogP contribution in [0.5, 0.6) is 0 Å². The largest absolute Gasteiger partial charge is 0.326 e. The van der Waals surface area contributed by atoms with Gasteiger partial charge in [0.2, 0.25) is 0 Å². The standard InChI is InChI=1S/C24H24N4/c25-14-16-4-6-17(7-5-16)18-8-11-23-22(12-18)26-24-13-20-9-10-21(15-27(23)24)28(20)19-2-1-3-19/h4-8,11-12,19-21H,1-3,9-10,13,15H2/t20-,21-/m0/s1. The molecular formula is C24H24N4. The Kier molecular flexibility index (Phi) is 3.61. The van der Waals surface area contributed by atoms with Crippen LogP contribution in [-0.4, -0.2) is 32.6 Å². The molecule has 2 bridgehead atoms. The van der Waals surface area contributed by atoms with E-state index in [4.69, 9.17) is 10.2 Å². The maximum atomic E-state index is 9.01. The molecule has 4 nitrogen and oxygen atoms in total. The Morgan fingerprint density at radius 3 is 2.43 bits per heavy atom. The summed E-state index contributed by atoms with van der Waals surface area (Å²) in [6.45, 7) is 1.09. The van der Waals surface area contributed by atoms with Crippen molar-refractivity contribution in [2.75, 3.05) is 0 Å². The second kappa shape index (κ2) is 6.18. The van der Waals surface area contributed by atoms with Gasteiger partial charge in [-0.1, -0.05) is 24.6 Å². The van der Waals surface area contributed by atoms with Gasteiger partial charge in [-0.15, -0.1) is 0 Å². The minimum absolute atomic E-state index is 0.686. The topological polar surface area (TPSA) is 44.9 Å². The molecule has 2 fully saturated rings. The monoisotopic (exact) mass is 368 g/mol. The average Bonchev–Trinajstić information content (AvgIpc) is 3.16. The molecule has 0 amide bonds. The van der Waals surface area contributed by atoms with Crippen LogP contribution in [0.4, 0.5) is 0 Å². The third-order valence-electron chi connectivity index (χ3n) is 7.16. The van der Waals surface area contributed by atoms with Crippen molar-refractivity contribution in [1.29, 1.82) is 5.26 Å². The van der Waals surface area contributed by atoms with Crippen LogP contribution in [0.15, 0.2) is 42.5 Å². The number of hydrogen-bond donors (Lipinski definition) is 0. The van der Waals surface area contributed by atoms with Crippen molar-refractivity contribution in [3.63, 3.8) is 0 Å². The van der Waals surface area contributed by atoms with Crippen molar-refractivity contribution in [3.05, 3.63) is 53.9 Å². The van der Waals surface area contributed by atoms with Gasteiger partial charge >= 0.3 is 0 Å². The molecule has 1 saturated carbocycles. The maximum absolute atomic E-state index is 9.01. The molecule has 0 N–H and O–H groups in total. The smallest absolute Gasteiger partial charge is 0.111 e. The summed E-state index contributed by atoms with van der Waals surface area (Å²) in [5, 5.41) is 9.01. The fourth-order valence-corrected chi connectivity index (χ4v) is 5.53. The Hall–Kier alpha value is -2.64. The number of hydrogen-bond acceptors (Lipinski definition) is 3. The molecule has 6 rings (SSSR count). The first kappa shape index (κ1) is 16.3. The number of fused-ring (bicyclic) bond motifs is 5. The molecule has 2 aliphatic heterocycles. The van der Waals surface area contributed by atoms with Crippen LogP contribution in [0.3, 0.4) is 0 Å². The molecule has 0 spiro atoms. The SMILES string of the molecule is N#Cc1ccc(-c2ccc3c(c2)nc2n3C[C@@H]3CC[C@@H](C2)N3C2CCC2)cc1. The van der Waals surface area contributed by atoms with Crippen LogP contribution in [0.1, 0.15) is 43.5 Å². The molecule has 3 aromatic rings. The first-order valence-corrected chi connectivity index (χ1v) is 10.6. The number of benzene rings is 2. The quantitative estimate of drug-likeness (QED) is 0.668. The van der Waals surface area contributed by atoms with E-state index in [2.05, 4.69) is 33.7 Å². The van der Waals surface area contributed by atoms with E-state index in [1.807, 2.05) is 24.3 Å². The average molecular weight is 368 g/mol. The van der Waals surface area contributed by atoms with Gasteiger partial charge < -0.3 is 4.57 Å². The lowest BCUT2D eigenvalue weighted by molar-refractivity contribution is 0.0739. The van der Waals surface area contributed by atoms with Gasteiger partial charge in [-0.25, -0.2) is 4.98 Å². The number of rotatable bonds is 2. The van der Waals surface area contributed by atoms with E-state index in [-0.39, 0.29) is 0 Å². The lowest BCUT2D eigenvalue weighted by Crippen LogP contribution is -2.48. The van der Waals surface area contributed by atoms with E-state index < -0.39 is 0 Å². The summed E-state index contributed by atoms with van der Waals surface area (Å²) in [6, 6.07) is 18.9. The van der Waals surface area contributed by atoms with Crippen LogP contribution >= 0.6 is 0 Å². The number of imidazole rings is 1. The van der Waals surface area contributed by atoms with Crippen LogP contribution in [0.2, 0.25) is 0 Å². The fraction of sp³-hybridized carbons (Fsp3) is 0.417. The molecule has 3 aliphatic rings. The van der Waals surface area contributed by atoms with Gasteiger partial charge in [-0.05, 0) is 61.1 Å². The van der Waals surface area contributed by atoms with E-state index in [1.54, 1.807) is 0 Å². The van der Waals surface area contributed by atoms with Crippen LogP contribution in [-0.2, 0) is 13.0 Å². The van der Waals surface area contributed by atoms with Crippen molar-refractivity contribution >= 4 is 11.0 Å². The lowest BCUT2D eigenvalue weighted by atomic mass is 9.90. The highest BCUT2D eigenvalue weighted by Gasteiger charge is 2.42. The lowest BCUT2D eigenvalue weighted by Gasteiger charge is -2.41. The predicted molar refractivity (Wildman–Crippen MR) is 110 cm³/mol. The number of nitriles is 1. The predicted octanol–water partition coefficient (Wildman–Crippen LogP) is 4.52. The summed E-state index contributed by atoms with van der Waals surface area (Å²) in [5.74, 6) is 1.27. The number of nitrogens with zero attached hydrogens (tertiary/aromatic N) is 4. The maximum Gasteiger partial charge on any atom is 0.111 e. The summed E-state index contributed by atoms with van der Waals surface area (Å²) in [6.07, 6.45) is 7.96. The highest BCUT2D eigenvalue weighted by molar-refractivity contribution is 5.83. The first-order chi connectivity index (χ1) is 13.8.